The van der Waals surface area contributed by atoms with Gasteiger partial charge in [-0.3, -0.25) is 0 Å². The molecule has 33 heavy (non-hydrogen) atoms. The van der Waals surface area contributed by atoms with Crippen molar-refractivity contribution in [2.45, 2.75) is 29.4 Å². The number of sulfone groups is 1. The molecule has 1 aliphatic rings. The van der Waals surface area contributed by atoms with Gasteiger partial charge in [0, 0.05) is 31.0 Å². The second kappa shape index (κ2) is 9.87. The zero-order valence-electron chi connectivity index (χ0n) is 18.3. The molecule has 1 aromatic heterocycles. The van der Waals surface area contributed by atoms with E-state index in [1.54, 1.807) is 25.6 Å². The van der Waals surface area contributed by atoms with Gasteiger partial charge in [0.2, 0.25) is 0 Å². The number of thiazole rings is 1. The Kier molecular flexibility index (Phi) is 7.11. The Bertz CT molecular complexity index is 1220. The molecule has 0 bridgehead atoms. The first-order chi connectivity index (χ1) is 15.8. The van der Waals surface area contributed by atoms with Crippen LogP contribution in [0.4, 0.5) is 9.52 Å². The van der Waals surface area contributed by atoms with Gasteiger partial charge in [0.05, 0.1) is 35.1 Å². The van der Waals surface area contributed by atoms with Gasteiger partial charge in [-0.25, -0.2) is 17.8 Å². The lowest BCUT2D eigenvalue weighted by atomic mass is 10.1. The molecule has 0 aliphatic carbocycles. The minimum atomic E-state index is -3.63. The summed E-state index contributed by atoms with van der Waals surface area (Å²) in [5, 5.41) is 2.26. The van der Waals surface area contributed by atoms with Crippen LogP contribution in [0.15, 0.2) is 46.7 Å². The van der Waals surface area contributed by atoms with Crippen molar-refractivity contribution in [2.24, 2.45) is 0 Å². The normalized spacial score (nSPS) is 15.0. The van der Waals surface area contributed by atoms with E-state index < -0.39 is 20.9 Å². The van der Waals surface area contributed by atoms with Gasteiger partial charge in [-0.2, -0.15) is 0 Å². The van der Waals surface area contributed by atoms with Crippen molar-refractivity contribution in [2.75, 3.05) is 32.2 Å². The molecule has 1 aliphatic heterocycles. The number of hydrogen-bond acceptors (Lipinski definition) is 7. The highest BCUT2D eigenvalue weighted by molar-refractivity contribution is 7.92. The average molecular weight is 511 g/mol. The number of rotatable bonds is 7. The molecule has 0 unspecified atom stereocenters. The van der Waals surface area contributed by atoms with E-state index in [0.29, 0.717) is 32.4 Å². The smallest absolute Gasteiger partial charge is 0.185 e. The van der Waals surface area contributed by atoms with E-state index >= 15 is 0 Å². The average Bonchev–Trinajstić information content (AvgIpc) is 3.27. The lowest BCUT2D eigenvalue weighted by molar-refractivity contribution is 0.393. The predicted octanol–water partition coefficient (Wildman–Crippen LogP) is 4.99. The van der Waals surface area contributed by atoms with Crippen LogP contribution >= 0.6 is 22.9 Å². The van der Waals surface area contributed by atoms with Crippen LogP contribution in [0.5, 0.6) is 11.5 Å². The second-order valence-electron chi connectivity index (χ2n) is 7.83. The predicted molar refractivity (Wildman–Crippen MR) is 128 cm³/mol. The molecule has 3 aromatic rings. The Labute approximate surface area is 201 Å². The number of halogens is 2. The fourth-order valence-electron chi connectivity index (χ4n) is 3.94. The van der Waals surface area contributed by atoms with Crippen LogP contribution in [0.25, 0.3) is 0 Å². The summed E-state index contributed by atoms with van der Waals surface area (Å²) in [6.45, 7) is 1.14. The molecule has 176 valence electrons. The van der Waals surface area contributed by atoms with Crippen LogP contribution < -0.4 is 14.4 Å². The van der Waals surface area contributed by atoms with Crippen molar-refractivity contribution in [1.82, 2.24) is 4.98 Å². The highest BCUT2D eigenvalue weighted by Gasteiger charge is 2.33. The number of benzene rings is 2. The summed E-state index contributed by atoms with van der Waals surface area (Å²) in [6.07, 6.45) is 1.55. The van der Waals surface area contributed by atoms with Crippen molar-refractivity contribution in [3.63, 3.8) is 0 Å². The van der Waals surface area contributed by atoms with E-state index in [-0.39, 0.29) is 9.92 Å². The Morgan fingerprint density at radius 3 is 2.39 bits per heavy atom. The van der Waals surface area contributed by atoms with Gasteiger partial charge in [-0.1, -0.05) is 11.6 Å². The van der Waals surface area contributed by atoms with Crippen molar-refractivity contribution in [3.05, 3.63) is 63.9 Å². The summed E-state index contributed by atoms with van der Waals surface area (Å²) in [7, 11) is -0.393. The Morgan fingerprint density at radius 2 is 1.79 bits per heavy atom. The quantitative estimate of drug-likeness (QED) is 0.417. The second-order valence-corrected chi connectivity index (χ2v) is 11.3. The third-order valence-corrected chi connectivity index (χ3v) is 9.38. The summed E-state index contributed by atoms with van der Waals surface area (Å²) in [6, 6.07) is 9.16. The van der Waals surface area contributed by atoms with E-state index in [9.17, 15) is 12.8 Å². The highest BCUT2D eigenvalue weighted by Crippen LogP contribution is 2.33. The molecule has 2 heterocycles. The van der Waals surface area contributed by atoms with Gasteiger partial charge in [0.15, 0.2) is 15.0 Å². The maximum Gasteiger partial charge on any atom is 0.185 e. The molecule has 10 heteroatoms. The summed E-state index contributed by atoms with van der Waals surface area (Å²) in [5.74, 6) is 0.898. The van der Waals surface area contributed by atoms with Gasteiger partial charge in [-0.15, -0.1) is 11.3 Å². The summed E-state index contributed by atoms with van der Waals surface area (Å²) < 4.78 is 50.0. The topological polar surface area (TPSA) is 68.7 Å². The summed E-state index contributed by atoms with van der Waals surface area (Å²) >= 11 is 7.56. The first kappa shape index (κ1) is 23.8. The number of anilines is 1. The van der Waals surface area contributed by atoms with E-state index in [4.69, 9.17) is 26.1 Å². The number of ether oxygens (including phenoxy) is 2. The molecular weight excluding hydrogens is 487 g/mol. The van der Waals surface area contributed by atoms with Crippen LogP contribution in [-0.4, -0.2) is 46.0 Å². The molecule has 0 amide bonds. The Balaban J connectivity index is 1.42. The fraction of sp³-hybridized carbons (Fsp3) is 0.348. The standard InChI is InChI=1S/C23H24ClFN2O4S2/c1-30-18-10-15(11-19(13-18)31-2)9-17-14-32-23(26-17)27-7-5-20(6-8-27)33(28,29)22-4-3-16(25)12-21(22)24/h3-4,10-14,20H,5-9H2,1-2H3. The molecule has 0 N–H and O–H groups in total. The number of nitrogens with zero attached hydrogens (tertiary/aromatic N) is 2. The summed E-state index contributed by atoms with van der Waals surface area (Å²) in [4.78, 5) is 6.86. The maximum absolute atomic E-state index is 13.3. The molecule has 6 nitrogen and oxygen atoms in total. The van der Waals surface area contributed by atoms with Crippen molar-refractivity contribution in [1.29, 1.82) is 0 Å². The minimum Gasteiger partial charge on any atom is -0.497 e. The van der Waals surface area contributed by atoms with Gasteiger partial charge in [-0.05, 0) is 48.7 Å². The Hall–Kier alpha value is -2.36. The monoisotopic (exact) mass is 510 g/mol. The molecule has 0 saturated carbocycles. The number of hydrogen-bond donors (Lipinski definition) is 0. The first-order valence-corrected chi connectivity index (χ1v) is 13.2. The van der Waals surface area contributed by atoms with Crippen LogP contribution in [0.1, 0.15) is 24.1 Å². The molecule has 1 saturated heterocycles. The fourth-order valence-corrected chi connectivity index (χ4v) is 7.09. The van der Waals surface area contributed by atoms with E-state index in [0.717, 1.165) is 40.0 Å². The lowest BCUT2D eigenvalue weighted by Crippen LogP contribution is -2.39. The van der Waals surface area contributed by atoms with Gasteiger partial charge in [0.1, 0.15) is 17.3 Å². The molecule has 4 rings (SSSR count). The molecule has 0 radical (unpaired) electrons. The third kappa shape index (κ3) is 5.26. The largest absolute Gasteiger partial charge is 0.497 e. The summed E-state index contributed by atoms with van der Waals surface area (Å²) in [5.41, 5.74) is 1.96. The van der Waals surface area contributed by atoms with E-state index in [1.165, 1.54) is 6.07 Å². The minimum absolute atomic E-state index is 0.00531. The van der Waals surface area contributed by atoms with Crippen LogP contribution in [0.2, 0.25) is 5.02 Å². The van der Waals surface area contributed by atoms with Gasteiger partial charge in [0.25, 0.3) is 0 Å². The third-order valence-electron chi connectivity index (χ3n) is 5.69. The van der Waals surface area contributed by atoms with E-state index in [2.05, 4.69) is 4.90 Å². The Morgan fingerprint density at radius 1 is 1.12 bits per heavy atom. The maximum atomic E-state index is 13.3. The van der Waals surface area contributed by atoms with Crippen molar-refractivity contribution in [3.8, 4) is 11.5 Å². The highest BCUT2D eigenvalue weighted by atomic mass is 35.5. The molecule has 2 aromatic carbocycles. The molecule has 1 fully saturated rings. The molecule has 0 atom stereocenters. The van der Waals surface area contributed by atoms with Gasteiger partial charge >= 0.3 is 0 Å². The first-order valence-electron chi connectivity index (χ1n) is 10.4. The SMILES string of the molecule is COc1cc(Cc2csc(N3CCC(S(=O)(=O)c4ccc(F)cc4Cl)CC3)n2)cc(OC)c1. The van der Waals surface area contributed by atoms with Crippen molar-refractivity contribution < 1.29 is 22.3 Å². The molecule has 0 spiro atoms. The van der Waals surface area contributed by atoms with Gasteiger partial charge < -0.3 is 14.4 Å². The number of piperidine rings is 1. The zero-order valence-corrected chi connectivity index (χ0v) is 20.6. The number of aromatic nitrogens is 1. The van der Waals surface area contributed by atoms with Crippen LogP contribution in [0, 0.1) is 5.82 Å². The molecular formula is C23H24ClFN2O4S2. The van der Waals surface area contributed by atoms with Crippen LogP contribution in [0.3, 0.4) is 0 Å². The number of methoxy groups -OCH3 is 2. The van der Waals surface area contributed by atoms with Crippen LogP contribution in [-0.2, 0) is 16.3 Å². The zero-order chi connectivity index (χ0) is 23.6. The van der Waals surface area contributed by atoms with E-state index in [1.807, 2.05) is 23.6 Å². The van der Waals surface area contributed by atoms with Crippen molar-refractivity contribution >= 4 is 37.9 Å². The lowest BCUT2D eigenvalue weighted by Gasteiger charge is -2.31.